The van der Waals surface area contributed by atoms with Gasteiger partial charge in [-0.3, -0.25) is 0 Å². The van der Waals surface area contributed by atoms with Gasteiger partial charge >= 0.3 is 0 Å². The van der Waals surface area contributed by atoms with Gasteiger partial charge in [0.05, 0.1) is 6.61 Å². The molecule has 2 heteroatoms. The zero-order valence-corrected chi connectivity index (χ0v) is 7.83. The van der Waals surface area contributed by atoms with E-state index in [-0.39, 0.29) is 6.61 Å². The molecule has 0 heterocycles. The third-order valence-corrected chi connectivity index (χ3v) is 2.69. The average Bonchev–Trinajstić information content (AvgIpc) is 2.05. The van der Waals surface area contributed by atoms with Crippen LogP contribution in [0.1, 0.15) is 26.7 Å². The van der Waals surface area contributed by atoms with Gasteiger partial charge in [0.2, 0.25) is 0 Å². The summed E-state index contributed by atoms with van der Waals surface area (Å²) in [7, 11) is 0. The summed E-state index contributed by atoms with van der Waals surface area (Å²) in [5, 5.41) is 18.5. The molecule has 0 bridgehead atoms. The Morgan fingerprint density at radius 1 is 1.58 bits per heavy atom. The van der Waals surface area contributed by atoms with E-state index in [0.717, 1.165) is 6.42 Å². The van der Waals surface area contributed by atoms with Crippen LogP contribution in [0.4, 0.5) is 0 Å². The van der Waals surface area contributed by atoms with E-state index in [2.05, 4.69) is 13.8 Å². The molecule has 0 saturated carbocycles. The van der Waals surface area contributed by atoms with Gasteiger partial charge in [0, 0.05) is 0 Å². The van der Waals surface area contributed by atoms with Crippen LogP contribution >= 0.6 is 0 Å². The van der Waals surface area contributed by atoms with E-state index >= 15 is 0 Å². The topological polar surface area (TPSA) is 40.5 Å². The monoisotopic (exact) mass is 170 g/mol. The van der Waals surface area contributed by atoms with Gasteiger partial charge in [-0.05, 0) is 24.7 Å². The highest BCUT2D eigenvalue weighted by Gasteiger charge is 2.28. The maximum Gasteiger partial charge on any atom is 0.106 e. The fraction of sp³-hybridized carbons (Fsp3) is 0.800. The fourth-order valence-electron chi connectivity index (χ4n) is 1.59. The van der Waals surface area contributed by atoms with E-state index in [4.69, 9.17) is 5.11 Å². The first-order chi connectivity index (χ1) is 5.57. The Balaban J connectivity index is 2.58. The molecule has 0 aromatic heterocycles. The molecule has 2 N–H and O–H groups in total. The molecule has 2 nitrogen and oxygen atoms in total. The van der Waals surface area contributed by atoms with Crippen LogP contribution in [0.15, 0.2) is 12.2 Å². The van der Waals surface area contributed by atoms with Crippen molar-refractivity contribution in [2.24, 2.45) is 11.8 Å². The van der Waals surface area contributed by atoms with Crippen LogP contribution in [0.25, 0.3) is 0 Å². The van der Waals surface area contributed by atoms with Gasteiger partial charge < -0.3 is 10.2 Å². The average molecular weight is 170 g/mol. The minimum absolute atomic E-state index is 0.158. The maximum absolute atomic E-state index is 9.64. The van der Waals surface area contributed by atoms with Crippen molar-refractivity contribution in [3.8, 4) is 0 Å². The van der Waals surface area contributed by atoms with E-state index in [0.29, 0.717) is 18.3 Å². The Bertz CT molecular complexity index is 175. The molecule has 1 aliphatic carbocycles. The van der Waals surface area contributed by atoms with Gasteiger partial charge in [-0.2, -0.15) is 0 Å². The highest BCUT2D eigenvalue weighted by atomic mass is 16.3. The Labute approximate surface area is 73.9 Å². The summed E-state index contributed by atoms with van der Waals surface area (Å²) >= 11 is 0. The molecule has 70 valence electrons. The first-order valence-electron chi connectivity index (χ1n) is 4.60. The van der Waals surface area contributed by atoms with Crippen LogP contribution in [0.3, 0.4) is 0 Å². The number of hydrogen-bond donors (Lipinski definition) is 2. The summed E-state index contributed by atoms with van der Waals surface area (Å²) in [6.07, 6.45) is 5.44. The molecule has 1 aliphatic rings. The van der Waals surface area contributed by atoms with Gasteiger partial charge in [-0.25, -0.2) is 0 Å². The number of rotatable bonds is 2. The molecule has 1 rings (SSSR count). The summed E-state index contributed by atoms with van der Waals surface area (Å²) in [6, 6.07) is 0. The molecule has 0 spiro atoms. The van der Waals surface area contributed by atoms with Crippen molar-refractivity contribution in [3.63, 3.8) is 0 Å². The van der Waals surface area contributed by atoms with Crippen LogP contribution in [0.2, 0.25) is 0 Å². The first-order valence-corrected chi connectivity index (χ1v) is 4.60. The molecular formula is C10H18O2. The predicted octanol–water partition coefficient (Wildman–Crippen LogP) is 1.33. The summed E-state index contributed by atoms with van der Waals surface area (Å²) in [4.78, 5) is 0. The van der Waals surface area contributed by atoms with Gasteiger partial charge in [-0.15, -0.1) is 0 Å². The summed E-state index contributed by atoms with van der Waals surface area (Å²) in [5.74, 6) is 1.20. The Morgan fingerprint density at radius 2 is 2.25 bits per heavy atom. The molecule has 0 aliphatic heterocycles. The third kappa shape index (κ3) is 2.08. The molecule has 2 atom stereocenters. The SMILES string of the molecule is CC(C)[C@H]1C=C[C@@](O)(CO)CC1. The van der Waals surface area contributed by atoms with Gasteiger partial charge in [0.15, 0.2) is 0 Å². The van der Waals surface area contributed by atoms with Gasteiger partial charge in [0.25, 0.3) is 0 Å². The Morgan fingerprint density at radius 3 is 2.58 bits per heavy atom. The van der Waals surface area contributed by atoms with E-state index < -0.39 is 5.60 Å². The molecule has 0 aromatic rings. The number of allylic oxidation sites excluding steroid dienone is 1. The molecule has 0 radical (unpaired) electrons. The quantitative estimate of drug-likeness (QED) is 0.614. The minimum atomic E-state index is -0.939. The zero-order chi connectivity index (χ0) is 9.19. The second-order valence-electron chi connectivity index (χ2n) is 4.07. The Kier molecular flexibility index (Phi) is 2.91. The second-order valence-corrected chi connectivity index (χ2v) is 4.07. The van der Waals surface area contributed by atoms with Crippen molar-refractivity contribution in [2.45, 2.75) is 32.3 Å². The highest BCUT2D eigenvalue weighted by molar-refractivity contribution is 5.08. The molecule has 0 saturated heterocycles. The smallest absolute Gasteiger partial charge is 0.106 e. The standard InChI is InChI=1S/C10H18O2/c1-8(2)9-3-5-10(12,7-11)6-4-9/h3,5,8-9,11-12H,4,6-7H2,1-2H3/t9-,10-/m0/s1. The normalized spacial score (nSPS) is 35.9. The second kappa shape index (κ2) is 3.58. The maximum atomic E-state index is 9.64. The number of aliphatic hydroxyl groups is 2. The van der Waals surface area contributed by atoms with E-state index in [1.54, 1.807) is 6.08 Å². The lowest BCUT2D eigenvalue weighted by Crippen LogP contribution is -2.34. The fourth-order valence-corrected chi connectivity index (χ4v) is 1.59. The molecule has 0 unspecified atom stereocenters. The van der Waals surface area contributed by atoms with Crippen molar-refractivity contribution in [2.75, 3.05) is 6.61 Å². The van der Waals surface area contributed by atoms with E-state index in [9.17, 15) is 5.11 Å². The van der Waals surface area contributed by atoms with Crippen molar-refractivity contribution >= 4 is 0 Å². The predicted molar refractivity (Wildman–Crippen MR) is 48.7 cm³/mol. The van der Waals surface area contributed by atoms with Crippen LogP contribution in [-0.4, -0.2) is 22.4 Å². The van der Waals surface area contributed by atoms with Gasteiger partial charge in [0.1, 0.15) is 5.60 Å². The lowest BCUT2D eigenvalue weighted by atomic mass is 9.80. The van der Waals surface area contributed by atoms with Crippen LogP contribution < -0.4 is 0 Å². The van der Waals surface area contributed by atoms with Gasteiger partial charge in [-0.1, -0.05) is 26.0 Å². The Hall–Kier alpha value is -0.340. The highest BCUT2D eigenvalue weighted by Crippen LogP contribution is 2.29. The lowest BCUT2D eigenvalue weighted by Gasteiger charge is -2.30. The van der Waals surface area contributed by atoms with Crippen LogP contribution in [0, 0.1) is 11.8 Å². The van der Waals surface area contributed by atoms with Crippen LogP contribution in [0.5, 0.6) is 0 Å². The molecule has 0 fully saturated rings. The summed E-state index contributed by atoms with van der Waals surface area (Å²) in [6.45, 7) is 4.20. The van der Waals surface area contributed by atoms with E-state index in [1.807, 2.05) is 6.08 Å². The lowest BCUT2D eigenvalue weighted by molar-refractivity contribution is 0.00956. The summed E-state index contributed by atoms with van der Waals surface area (Å²) in [5.41, 5.74) is -0.939. The van der Waals surface area contributed by atoms with Crippen molar-refractivity contribution in [3.05, 3.63) is 12.2 Å². The minimum Gasteiger partial charge on any atom is -0.393 e. The van der Waals surface area contributed by atoms with Crippen LogP contribution in [-0.2, 0) is 0 Å². The molecular weight excluding hydrogens is 152 g/mol. The largest absolute Gasteiger partial charge is 0.393 e. The number of hydrogen-bond acceptors (Lipinski definition) is 2. The van der Waals surface area contributed by atoms with Crippen molar-refractivity contribution in [1.82, 2.24) is 0 Å². The van der Waals surface area contributed by atoms with Crippen molar-refractivity contribution < 1.29 is 10.2 Å². The van der Waals surface area contributed by atoms with E-state index in [1.165, 1.54) is 0 Å². The molecule has 0 amide bonds. The third-order valence-electron chi connectivity index (χ3n) is 2.69. The molecule has 12 heavy (non-hydrogen) atoms. The zero-order valence-electron chi connectivity index (χ0n) is 7.83. The first kappa shape index (κ1) is 9.75. The number of aliphatic hydroxyl groups excluding tert-OH is 1. The van der Waals surface area contributed by atoms with Crippen molar-refractivity contribution in [1.29, 1.82) is 0 Å². The molecule has 0 aromatic carbocycles. The summed E-state index contributed by atoms with van der Waals surface area (Å²) < 4.78 is 0.